The summed E-state index contributed by atoms with van der Waals surface area (Å²) in [4.78, 5) is 0. The molecule has 0 aromatic carbocycles. The van der Waals surface area contributed by atoms with Gasteiger partial charge in [-0.25, -0.2) is 0 Å². The fourth-order valence-electron chi connectivity index (χ4n) is 0.343. The average Bonchev–Trinajstić information content (AvgIpc) is 2.12. The van der Waals surface area contributed by atoms with E-state index in [-0.39, 0.29) is 5.15 Å². The van der Waals surface area contributed by atoms with E-state index in [1.807, 2.05) is 6.07 Å². The van der Waals surface area contributed by atoms with Crippen LogP contribution in [0.2, 0.25) is 5.15 Å². The molecule has 0 unspecified atom stereocenters. The minimum absolute atomic E-state index is 0.273. The van der Waals surface area contributed by atoms with Gasteiger partial charge in [-0.3, -0.25) is 0 Å². The van der Waals surface area contributed by atoms with Crippen molar-refractivity contribution >= 4 is 39.1 Å². The highest BCUT2D eigenvalue weighted by Crippen LogP contribution is 2.26. The topological polar surface area (TPSA) is 36.7 Å². The third-order valence-corrected chi connectivity index (χ3v) is 2.56. The summed E-state index contributed by atoms with van der Waals surface area (Å²) in [5.74, 6) is 0. The van der Waals surface area contributed by atoms with E-state index in [0.717, 1.165) is 0 Å². The maximum atomic E-state index is 8.39. The predicted octanol–water partition coefficient (Wildman–Crippen LogP) is 2.43. The summed E-state index contributed by atoms with van der Waals surface area (Å²) >= 11 is 9.79. The molecule has 0 bridgehead atoms. The monoisotopic (exact) mass is 222 g/mol. The van der Waals surface area contributed by atoms with E-state index in [2.05, 4.69) is 20.3 Å². The van der Waals surface area contributed by atoms with Gasteiger partial charge in [0.2, 0.25) is 0 Å². The molecule has 0 amide bonds. The number of nitrogens with zero attached hydrogens (tertiary/aromatic N) is 2. The minimum Gasteiger partial charge on any atom is -0.192 e. The van der Waals surface area contributed by atoms with Crippen LogP contribution in [0.25, 0.3) is 0 Å². The van der Waals surface area contributed by atoms with Crippen molar-refractivity contribution in [2.24, 2.45) is 0 Å². The zero-order valence-corrected chi connectivity index (χ0v) is 7.22. The molecule has 2 nitrogen and oxygen atoms in total. The fourth-order valence-corrected chi connectivity index (χ4v) is 1.73. The van der Waals surface area contributed by atoms with E-state index in [9.17, 15) is 0 Å². The van der Waals surface area contributed by atoms with Crippen LogP contribution in [0.5, 0.6) is 0 Å². The van der Waals surface area contributed by atoms with Gasteiger partial charge in [0, 0.05) is 0 Å². The SMILES string of the molecule is N#Cc1c(Cl)nsc1Br. The first-order valence-electron chi connectivity index (χ1n) is 1.96. The first-order valence-corrected chi connectivity index (χ1v) is 3.91. The molecule has 0 saturated heterocycles. The second-order valence-corrected chi connectivity index (χ2v) is 3.68. The summed E-state index contributed by atoms with van der Waals surface area (Å²) < 4.78 is 4.41. The molecule has 1 rings (SSSR count). The number of hydrogen-bond donors (Lipinski definition) is 0. The number of rotatable bonds is 0. The van der Waals surface area contributed by atoms with Crippen LogP contribution in [0.1, 0.15) is 5.56 Å². The van der Waals surface area contributed by atoms with Crippen molar-refractivity contribution in [1.82, 2.24) is 4.37 Å². The zero-order valence-electron chi connectivity index (χ0n) is 4.06. The highest BCUT2D eigenvalue weighted by molar-refractivity contribution is 9.11. The molecule has 0 fully saturated rings. The molecule has 46 valence electrons. The van der Waals surface area contributed by atoms with Gasteiger partial charge in [0.1, 0.15) is 15.4 Å². The van der Waals surface area contributed by atoms with Crippen LogP contribution in [0.15, 0.2) is 3.79 Å². The average molecular weight is 223 g/mol. The number of nitriles is 1. The lowest BCUT2D eigenvalue weighted by molar-refractivity contribution is 1.47. The third-order valence-electron chi connectivity index (χ3n) is 0.721. The van der Waals surface area contributed by atoms with Crippen LogP contribution in [0.4, 0.5) is 0 Å². The van der Waals surface area contributed by atoms with Crippen LogP contribution < -0.4 is 0 Å². The molecule has 0 aliphatic rings. The highest BCUT2D eigenvalue weighted by Gasteiger charge is 2.07. The lowest BCUT2D eigenvalue weighted by Crippen LogP contribution is -1.67. The van der Waals surface area contributed by atoms with Gasteiger partial charge in [-0.1, -0.05) is 11.6 Å². The molecule has 0 saturated carbocycles. The molecule has 1 aromatic heterocycles. The van der Waals surface area contributed by atoms with Gasteiger partial charge in [-0.15, -0.1) is 0 Å². The summed E-state index contributed by atoms with van der Waals surface area (Å²) in [6.45, 7) is 0. The van der Waals surface area contributed by atoms with Crippen molar-refractivity contribution in [3.8, 4) is 6.07 Å². The first kappa shape index (κ1) is 7.00. The Balaban J connectivity index is 3.27. The Labute approximate surface area is 69.4 Å². The van der Waals surface area contributed by atoms with Gasteiger partial charge in [0.05, 0.1) is 0 Å². The third kappa shape index (κ3) is 1.23. The lowest BCUT2D eigenvalue weighted by atomic mass is 10.4. The second kappa shape index (κ2) is 2.65. The first-order chi connectivity index (χ1) is 4.25. The molecule has 0 radical (unpaired) electrons. The molecule has 1 heterocycles. The molecule has 0 spiro atoms. The summed E-state index contributed by atoms with van der Waals surface area (Å²) in [6.07, 6.45) is 0. The van der Waals surface area contributed by atoms with Crippen molar-refractivity contribution in [2.75, 3.05) is 0 Å². The fraction of sp³-hybridized carbons (Fsp3) is 0. The zero-order chi connectivity index (χ0) is 6.85. The Morgan fingerprint density at radius 3 is 2.67 bits per heavy atom. The van der Waals surface area contributed by atoms with Gasteiger partial charge >= 0.3 is 0 Å². The van der Waals surface area contributed by atoms with Crippen LogP contribution >= 0.6 is 39.1 Å². The lowest BCUT2D eigenvalue weighted by Gasteiger charge is -1.76. The second-order valence-electron chi connectivity index (χ2n) is 1.23. The van der Waals surface area contributed by atoms with Crippen molar-refractivity contribution < 1.29 is 0 Å². The van der Waals surface area contributed by atoms with Gasteiger partial charge in [-0.2, -0.15) is 9.64 Å². The molecular weight excluding hydrogens is 223 g/mol. The molecular formula is C4BrClN2S. The van der Waals surface area contributed by atoms with E-state index < -0.39 is 0 Å². The normalized spacial score (nSPS) is 9.00. The van der Waals surface area contributed by atoms with Crippen LogP contribution in [0.3, 0.4) is 0 Å². The molecule has 0 atom stereocenters. The molecule has 1 aromatic rings. The Hall–Kier alpha value is -0.110. The van der Waals surface area contributed by atoms with Crippen LogP contribution in [0, 0.1) is 11.3 Å². The Morgan fingerprint density at radius 1 is 1.78 bits per heavy atom. The van der Waals surface area contributed by atoms with Crippen molar-refractivity contribution in [3.05, 3.63) is 14.5 Å². The van der Waals surface area contributed by atoms with Crippen molar-refractivity contribution in [2.45, 2.75) is 0 Å². The summed E-state index contributed by atoms with van der Waals surface area (Å²) in [6, 6.07) is 1.91. The quantitative estimate of drug-likeness (QED) is 0.677. The summed E-state index contributed by atoms with van der Waals surface area (Å²) in [5, 5.41) is 8.66. The summed E-state index contributed by atoms with van der Waals surface area (Å²) in [5.41, 5.74) is 0.418. The van der Waals surface area contributed by atoms with E-state index in [4.69, 9.17) is 16.9 Å². The number of hydrogen-bond acceptors (Lipinski definition) is 3. The molecule has 9 heavy (non-hydrogen) atoms. The van der Waals surface area contributed by atoms with E-state index in [0.29, 0.717) is 9.35 Å². The highest BCUT2D eigenvalue weighted by atomic mass is 79.9. The number of halogens is 2. The Morgan fingerprint density at radius 2 is 2.44 bits per heavy atom. The molecule has 0 aliphatic heterocycles. The van der Waals surface area contributed by atoms with E-state index in [1.165, 1.54) is 11.5 Å². The van der Waals surface area contributed by atoms with Gasteiger partial charge in [-0.05, 0) is 27.5 Å². The van der Waals surface area contributed by atoms with E-state index in [1.54, 1.807) is 0 Å². The largest absolute Gasteiger partial charge is 0.192 e. The Kier molecular flexibility index (Phi) is 2.06. The van der Waals surface area contributed by atoms with Gasteiger partial charge < -0.3 is 0 Å². The van der Waals surface area contributed by atoms with Gasteiger partial charge in [0.15, 0.2) is 5.15 Å². The predicted molar refractivity (Wildman–Crippen MR) is 39.5 cm³/mol. The van der Waals surface area contributed by atoms with E-state index >= 15 is 0 Å². The standard InChI is InChI=1S/C4BrClN2S/c5-3-2(1-7)4(6)8-9-3. The smallest absolute Gasteiger partial charge is 0.161 e. The molecule has 5 heteroatoms. The maximum Gasteiger partial charge on any atom is 0.161 e. The summed E-state index contributed by atoms with van der Waals surface area (Å²) in [7, 11) is 0. The van der Waals surface area contributed by atoms with Crippen molar-refractivity contribution in [3.63, 3.8) is 0 Å². The minimum atomic E-state index is 0.273. The van der Waals surface area contributed by atoms with Gasteiger partial charge in [0.25, 0.3) is 0 Å². The Bertz CT molecular complexity index is 245. The van der Waals surface area contributed by atoms with Crippen LogP contribution in [-0.4, -0.2) is 4.37 Å². The molecule has 0 N–H and O–H groups in total. The molecule has 0 aliphatic carbocycles. The maximum absolute atomic E-state index is 8.39. The number of aromatic nitrogens is 1. The van der Waals surface area contributed by atoms with Crippen molar-refractivity contribution in [1.29, 1.82) is 5.26 Å². The van der Waals surface area contributed by atoms with Crippen LogP contribution in [-0.2, 0) is 0 Å².